The fourth-order valence-corrected chi connectivity index (χ4v) is 8.00. The minimum Gasteiger partial charge on any atom is -0.455 e. The van der Waals surface area contributed by atoms with Crippen LogP contribution in [0.25, 0.3) is 11.0 Å². The summed E-state index contributed by atoms with van der Waals surface area (Å²) in [6, 6.07) is 15.3. The van der Waals surface area contributed by atoms with Gasteiger partial charge in [0.15, 0.2) is 0 Å². The summed E-state index contributed by atoms with van der Waals surface area (Å²) in [6.45, 7) is 0.0883. The molecule has 3 amide bonds. The summed E-state index contributed by atoms with van der Waals surface area (Å²) >= 11 is 3.57. The van der Waals surface area contributed by atoms with Crippen LogP contribution in [0.5, 0.6) is 0 Å². The van der Waals surface area contributed by atoms with Crippen molar-refractivity contribution in [2.24, 2.45) is 11.8 Å². The number of para-hydroxylation sites is 1. The number of amides is 3. The highest BCUT2D eigenvalue weighted by Gasteiger charge is 2.74. The lowest BCUT2D eigenvalue weighted by Crippen LogP contribution is -2.56. The third-order valence-electron chi connectivity index (χ3n) is 9.47. The quantitative estimate of drug-likeness (QED) is 0.288. The normalized spacial score (nSPS) is 30.0. The van der Waals surface area contributed by atoms with Crippen LogP contribution in [-0.4, -0.2) is 97.6 Å². The molecule has 48 heavy (non-hydrogen) atoms. The molecule has 4 aliphatic heterocycles. The molecule has 0 radical (unpaired) electrons. The number of benzene rings is 2. The smallest absolute Gasteiger partial charge is 0.313 e. The highest BCUT2D eigenvalue weighted by molar-refractivity contribution is 9.11. The number of carbonyl (C=O) groups is 4. The first-order valence-corrected chi connectivity index (χ1v) is 16.8. The summed E-state index contributed by atoms with van der Waals surface area (Å²) in [5.74, 6) is -3.82. The topological polar surface area (TPSA) is 156 Å². The molecule has 2 N–H and O–H groups in total. The van der Waals surface area contributed by atoms with Crippen molar-refractivity contribution in [1.82, 2.24) is 30.1 Å². The molecule has 2 saturated heterocycles. The van der Waals surface area contributed by atoms with Gasteiger partial charge in [0.2, 0.25) is 11.8 Å². The van der Waals surface area contributed by atoms with Crippen molar-refractivity contribution in [2.45, 2.75) is 49.8 Å². The van der Waals surface area contributed by atoms with E-state index in [1.807, 2.05) is 66.7 Å². The van der Waals surface area contributed by atoms with Gasteiger partial charge in [0.1, 0.15) is 42.0 Å². The van der Waals surface area contributed by atoms with Crippen LogP contribution < -0.4 is 5.32 Å². The van der Waals surface area contributed by atoms with Gasteiger partial charge in [0.25, 0.3) is 5.91 Å². The maximum atomic E-state index is 14.8. The van der Waals surface area contributed by atoms with Crippen molar-refractivity contribution in [3.63, 3.8) is 0 Å². The Morgan fingerprint density at radius 3 is 2.62 bits per heavy atom. The molecule has 2 aromatic carbocycles. The van der Waals surface area contributed by atoms with Crippen molar-refractivity contribution in [3.05, 3.63) is 82.9 Å². The van der Waals surface area contributed by atoms with E-state index < -0.39 is 53.5 Å². The van der Waals surface area contributed by atoms with Crippen molar-refractivity contribution in [1.29, 1.82) is 0 Å². The van der Waals surface area contributed by atoms with Crippen molar-refractivity contribution < 1.29 is 33.8 Å². The number of halogens is 1. The number of aliphatic hydroxyl groups excluding tert-OH is 1. The second-order valence-corrected chi connectivity index (χ2v) is 13.3. The van der Waals surface area contributed by atoms with E-state index in [9.17, 15) is 24.3 Å². The zero-order valence-electron chi connectivity index (χ0n) is 26.0. The number of nitrogens with zero attached hydrogens (tertiary/aromatic N) is 5. The van der Waals surface area contributed by atoms with E-state index in [4.69, 9.17) is 9.47 Å². The van der Waals surface area contributed by atoms with Crippen molar-refractivity contribution in [3.8, 4) is 0 Å². The van der Waals surface area contributed by atoms with Crippen LogP contribution in [0, 0.1) is 11.8 Å². The van der Waals surface area contributed by atoms with Crippen LogP contribution in [0.3, 0.4) is 0 Å². The lowest BCUT2D eigenvalue weighted by molar-refractivity contribution is -0.160. The molecule has 7 rings (SSSR count). The summed E-state index contributed by atoms with van der Waals surface area (Å²) in [7, 11) is 0. The molecular formula is C34H35BrN6O7. The van der Waals surface area contributed by atoms with E-state index in [1.165, 1.54) is 4.90 Å². The first-order chi connectivity index (χ1) is 23.3. The Morgan fingerprint density at radius 2 is 1.81 bits per heavy atom. The average molecular weight is 720 g/mol. The molecule has 1 aromatic heterocycles. The average Bonchev–Trinajstić information content (AvgIpc) is 3.81. The zero-order valence-corrected chi connectivity index (χ0v) is 27.6. The maximum absolute atomic E-state index is 14.8. The molecule has 0 unspecified atom stereocenters. The number of aromatic nitrogens is 3. The van der Waals surface area contributed by atoms with Crippen LogP contribution in [0.1, 0.15) is 30.9 Å². The first-order valence-electron chi connectivity index (χ1n) is 16.0. The summed E-state index contributed by atoms with van der Waals surface area (Å²) < 4.78 is 14.8. The molecule has 6 atom stereocenters. The number of hydrogen-bond acceptors (Lipinski definition) is 9. The number of esters is 1. The number of fused-ring (bicyclic) bond motifs is 3. The summed E-state index contributed by atoms with van der Waals surface area (Å²) in [5, 5.41) is 21.1. The highest BCUT2D eigenvalue weighted by atomic mass is 79.9. The van der Waals surface area contributed by atoms with Crippen LogP contribution >= 0.6 is 15.9 Å². The fraction of sp³-hybridized carbons (Fsp3) is 0.412. The van der Waals surface area contributed by atoms with Gasteiger partial charge in [0, 0.05) is 30.6 Å². The number of likely N-dealkylation sites (tertiary alicyclic amines) is 1. The van der Waals surface area contributed by atoms with Crippen LogP contribution in [-0.2, 0) is 35.3 Å². The third-order valence-corrected chi connectivity index (χ3v) is 10.2. The Kier molecular flexibility index (Phi) is 8.88. The Labute approximate surface area is 284 Å². The van der Waals surface area contributed by atoms with Gasteiger partial charge >= 0.3 is 5.97 Å². The minimum atomic E-state index is -1.46. The van der Waals surface area contributed by atoms with Crippen LogP contribution in [0.4, 0.5) is 0 Å². The Bertz CT molecular complexity index is 1800. The van der Waals surface area contributed by atoms with Gasteiger partial charge in [-0.3, -0.25) is 19.2 Å². The summed E-state index contributed by atoms with van der Waals surface area (Å²) in [6.07, 6.45) is 4.56. The van der Waals surface area contributed by atoms with E-state index in [0.29, 0.717) is 22.0 Å². The molecule has 5 heterocycles. The number of allylic oxidation sites excluding steroid dienone is 1. The number of aliphatic hydroxyl groups is 1. The van der Waals surface area contributed by atoms with E-state index in [2.05, 4.69) is 31.6 Å². The number of ether oxygens (including phenoxy) is 2. The molecule has 5 bridgehead atoms. The minimum absolute atomic E-state index is 0.0159. The number of carbonyl (C=O) groups excluding carboxylic acids is 4. The van der Waals surface area contributed by atoms with Crippen molar-refractivity contribution in [2.75, 3.05) is 26.2 Å². The van der Waals surface area contributed by atoms with Gasteiger partial charge in [-0.25, -0.2) is 4.68 Å². The van der Waals surface area contributed by atoms with E-state index in [-0.39, 0.29) is 51.7 Å². The Morgan fingerprint density at radius 1 is 1.02 bits per heavy atom. The second-order valence-electron chi connectivity index (χ2n) is 12.4. The summed E-state index contributed by atoms with van der Waals surface area (Å²) in [5.41, 5.74) is 0.606. The van der Waals surface area contributed by atoms with Gasteiger partial charge in [-0.05, 0) is 36.6 Å². The predicted octanol–water partition coefficient (Wildman–Crippen LogP) is 2.22. The number of nitrogens with one attached hydrogen (secondary N) is 1. The fourth-order valence-electron chi connectivity index (χ4n) is 7.26. The summed E-state index contributed by atoms with van der Waals surface area (Å²) in [4.78, 5) is 59.2. The number of rotatable bonds is 6. The molecule has 4 aliphatic rings. The van der Waals surface area contributed by atoms with Gasteiger partial charge in [-0.1, -0.05) is 75.8 Å². The van der Waals surface area contributed by atoms with Crippen molar-refractivity contribution >= 4 is 50.7 Å². The van der Waals surface area contributed by atoms with E-state index >= 15 is 0 Å². The van der Waals surface area contributed by atoms with E-state index in [0.717, 1.165) is 5.52 Å². The molecule has 1 spiro atoms. The monoisotopic (exact) mass is 718 g/mol. The first kappa shape index (κ1) is 32.2. The largest absolute Gasteiger partial charge is 0.455 e. The predicted molar refractivity (Wildman–Crippen MR) is 175 cm³/mol. The number of cyclic esters (lactones) is 1. The lowest BCUT2D eigenvalue weighted by Gasteiger charge is -2.35. The third kappa shape index (κ3) is 5.61. The zero-order chi connectivity index (χ0) is 33.4. The lowest BCUT2D eigenvalue weighted by atomic mass is 9.74. The maximum Gasteiger partial charge on any atom is 0.313 e. The van der Waals surface area contributed by atoms with Crippen LogP contribution in [0.15, 0.2) is 77.3 Å². The van der Waals surface area contributed by atoms with Gasteiger partial charge < -0.3 is 29.7 Å². The molecule has 3 aromatic rings. The molecule has 2 fully saturated rings. The Hall–Kier alpha value is -4.40. The molecule has 250 valence electrons. The molecular weight excluding hydrogens is 684 g/mol. The van der Waals surface area contributed by atoms with Gasteiger partial charge in [-0.2, -0.15) is 0 Å². The van der Waals surface area contributed by atoms with Gasteiger partial charge in [-0.15, -0.1) is 5.10 Å². The standard InChI is InChI=1S/C34H35BrN6O7/c35-22-18-34-28-27(29(22)48-34)33(46)47-25(21-10-3-1-4-11-21)19-36-26(43)14-5-2-8-15-39(20-41-24-13-7-6-12-23(24)37-38-41)32(45)30(34)40(31(28)44)16-9-17-42/h1-4,6-8,10-13,18,25,27-30,42H,5,9,14-17,19-20H2,(H,36,43)/b8-2-/t25-,27-,28+,29-,30-,34+/m0/s1. The molecule has 13 nitrogen and oxygen atoms in total. The highest BCUT2D eigenvalue weighted by Crippen LogP contribution is 2.59. The second kappa shape index (κ2) is 13.2. The molecule has 0 aliphatic carbocycles. The molecule has 0 saturated carbocycles. The van der Waals surface area contributed by atoms with E-state index in [1.54, 1.807) is 15.7 Å². The Balaban J connectivity index is 1.30. The molecule has 14 heteroatoms. The SMILES string of the molecule is O=C1CC/C=C\CN(Cn2nnc3ccccc32)C(=O)[C@@H]2N(CCCO)C(=O)[C@H]3[C@H](C(=O)O[C@H](c4ccccc4)CN1)[C@H]1O[C@@]23C=C1Br. The number of hydrogen-bond donors (Lipinski definition) is 2. The van der Waals surface area contributed by atoms with Crippen LogP contribution in [0.2, 0.25) is 0 Å². The van der Waals surface area contributed by atoms with Gasteiger partial charge in [0.05, 0.1) is 18.0 Å².